The van der Waals surface area contributed by atoms with Gasteiger partial charge in [-0.3, -0.25) is 9.59 Å². The average molecular weight is 416 g/mol. The van der Waals surface area contributed by atoms with Crippen LogP contribution in [0.2, 0.25) is 0 Å². The number of aryl methyl sites for hydroxylation is 1. The molecule has 8 heteroatoms. The molecule has 1 atom stereocenters. The van der Waals surface area contributed by atoms with E-state index in [9.17, 15) is 9.59 Å². The zero-order chi connectivity index (χ0) is 20.4. The van der Waals surface area contributed by atoms with E-state index in [1.807, 2.05) is 16.7 Å². The fraction of sp³-hybridized carbons (Fsp3) is 0.619. The number of piperidine rings is 1. The predicted molar refractivity (Wildman–Crippen MR) is 115 cm³/mol. The van der Waals surface area contributed by atoms with Crippen molar-refractivity contribution >= 4 is 39.2 Å². The van der Waals surface area contributed by atoms with Crippen molar-refractivity contribution in [2.45, 2.75) is 46.0 Å². The Morgan fingerprint density at radius 1 is 1.31 bits per heavy atom. The fourth-order valence-corrected chi connectivity index (χ4v) is 5.46. The third-order valence-corrected chi connectivity index (χ3v) is 7.12. The quantitative estimate of drug-likeness (QED) is 0.733. The molecule has 2 amide bonds. The van der Waals surface area contributed by atoms with Crippen molar-refractivity contribution in [2.24, 2.45) is 5.92 Å². The number of anilines is 1. The summed E-state index contributed by atoms with van der Waals surface area (Å²) < 4.78 is 0. The zero-order valence-corrected chi connectivity index (χ0v) is 18.1. The maximum Gasteiger partial charge on any atom is 0.264 e. The number of likely N-dealkylation sites (tertiary alicyclic amines) is 2. The number of thiophene rings is 1. The van der Waals surface area contributed by atoms with Crippen LogP contribution in [0.1, 0.15) is 54.3 Å². The summed E-state index contributed by atoms with van der Waals surface area (Å²) in [6, 6.07) is 0. The van der Waals surface area contributed by atoms with Crippen LogP contribution < -0.4 is 5.32 Å². The Hall–Kier alpha value is -2.22. The van der Waals surface area contributed by atoms with Gasteiger partial charge in [0.25, 0.3) is 5.91 Å². The van der Waals surface area contributed by atoms with Crippen molar-refractivity contribution in [3.63, 3.8) is 0 Å². The van der Waals surface area contributed by atoms with Gasteiger partial charge in [-0.05, 0) is 44.1 Å². The van der Waals surface area contributed by atoms with Crippen molar-refractivity contribution in [1.29, 1.82) is 0 Å². The van der Waals surface area contributed by atoms with Gasteiger partial charge >= 0.3 is 0 Å². The highest BCUT2D eigenvalue weighted by Gasteiger charge is 2.26. The van der Waals surface area contributed by atoms with Gasteiger partial charge in [0.05, 0.1) is 10.3 Å². The summed E-state index contributed by atoms with van der Waals surface area (Å²) in [7, 11) is 0. The molecule has 7 nitrogen and oxygen atoms in total. The molecule has 0 radical (unpaired) electrons. The maximum atomic E-state index is 13.1. The molecule has 1 N–H and O–H groups in total. The molecular formula is C21H29N5O2S. The molecule has 2 saturated heterocycles. The van der Waals surface area contributed by atoms with Gasteiger partial charge in [0.15, 0.2) is 0 Å². The van der Waals surface area contributed by atoms with Crippen LogP contribution >= 0.6 is 11.3 Å². The summed E-state index contributed by atoms with van der Waals surface area (Å²) in [6.45, 7) is 8.26. The van der Waals surface area contributed by atoms with Gasteiger partial charge in [-0.15, -0.1) is 11.3 Å². The monoisotopic (exact) mass is 415 g/mol. The van der Waals surface area contributed by atoms with Crippen LogP contribution in [-0.4, -0.2) is 64.3 Å². The van der Waals surface area contributed by atoms with Crippen molar-refractivity contribution in [3.05, 3.63) is 16.8 Å². The Bertz CT molecular complexity index is 912. The maximum absolute atomic E-state index is 13.1. The van der Waals surface area contributed by atoms with Crippen molar-refractivity contribution in [1.82, 2.24) is 19.8 Å². The van der Waals surface area contributed by atoms with Crippen molar-refractivity contribution in [3.8, 4) is 0 Å². The second-order valence-corrected chi connectivity index (χ2v) is 9.22. The smallest absolute Gasteiger partial charge is 0.264 e. The zero-order valence-electron chi connectivity index (χ0n) is 17.2. The lowest BCUT2D eigenvalue weighted by molar-refractivity contribution is -0.127. The first-order valence-electron chi connectivity index (χ1n) is 10.6. The molecule has 156 valence electrons. The van der Waals surface area contributed by atoms with Gasteiger partial charge in [0, 0.05) is 39.1 Å². The van der Waals surface area contributed by atoms with Crippen LogP contribution in [0.3, 0.4) is 0 Å². The Kier molecular flexibility index (Phi) is 5.99. The average Bonchev–Trinajstić information content (AvgIpc) is 3.28. The number of fused-ring (bicyclic) bond motifs is 1. The second kappa shape index (κ2) is 8.65. The fourth-order valence-electron chi connectivity index (χ4n) is 4.34. The number of hydrogen-bond acceptors (Lipinski definition) is 6. The second-order valence-electron chi connectivity index (χ2n) is 8.22. The number of carbonyl (C=O) groups is 2. The minimum Gasteiger partial charge on any atom is -0.369 e. The van der Waals surface area contributed by atoms with Crippen LogP contribution in [0.5, 0.6) is 0 Å². The summed E-state index contributed by atoms with van der Waals surface area (Å²) in [5, 5.41) is 4.35. The first-order valence-corrected chi connectivity index (χ1v) is 11.4. The lowest BCUT2D eigenvalue weighted by Gasteiger charge is -2.30. The van der Waals surface area contributed by atoms with E-state index in [0.717, 1.165) is 78.5 Å². The molecule has 4 rings (SSSR count). The lowest BCUT2D eigenvalue weighted by atomic mass is 10.00. The number of hydrogen-bond donors (Lipinski definition) is 1. The number of amides is 2. The molecule has 2 aromatic heterocycles. The SMILES string of the molecule is Cc1c(C(=O)N2CCCC(C)C2)sc2ncnc(NCCCN3CCCC3=O)c12. The van der Waals surface area contributed by atoms with Crippen LogP contribution in [-0.2, 0) is 4.79 Å². The van der Waals surface area contributed by atoms with Crippen molar-refractivity contribution in [2.75, 3.05) is 38.0 Å². The Balaban J connectivity index is 1.46. The van der Waals surface area contributed by atoms with E-state index in [2.05, 4.69) is 22.2 Å². The molecule has 1 unspecified atom stereocenters. The number of aromatic nitrogens is 2. The van der Waals surface area contributed by atoms with E-state index < -0.39 is 0 Å². The molecule has 0 bridgehead atoms. The highest BCUT2D eigenvalue weighted by atomic mass is 32.1. The summed E-state index contributed by atoms with van der Waals surface area (Å²) in [6.07, 6.45) is 6.35. The van der Waals surface area contributed by atoms with E-state index in [0.29, 0.717) is 12.3 Å². The van der Waals surface area contributed by atoms with Crippen LogP contribution in [0, 0.1) is 12.8 Å². The van der Waals surface area contributed by atoms with Gasteiger partial charge in [0.2, 0.25) is 5.91 Å². The number of carbonyl (C=O) groups excluding carboxylic acids is 2. The van der Waals surface area contributed by atoms with Crippen molar-refractivity contribution < 1.29 is 9.59 Å². The standard InChI is InChI=1S/C21H29N5O2S/c1-14-6-3-10-26(12-14)21(28)18-15(2)17-19(23-13-24-20(17)29-18)22-8-5-11-25-9-4-7-16(25)27/h13-14H,3-12H2,1-2H3,(H,22,23,24). The molecule has 29 heavy (non-hydrogen) atoms. The topological polar surface area (TPSA) is 78.4 Å². The highest BCUT2D eigenvalue weighted by Crippen LogP contribution is 2.34. The highest BCUT2D eigenvalue weighted by molar-refractivity contribution is 7.20. The summed E-state index contributed by atoms with van der Waals surface area (Å²) in [5.41, 5.74) is 0.964. The van der Waals surface area contributed by atoms with Crippen LogP contribution in [0.4, 0.5) is 5.82 Å². The predicted octanol–water partition coefficient (Wildman–Crippen LogP) is 3.30. The number of rotatable bonds is 6. The van der Waals surface area contributed by atoms with E-state index in [1.165, 1.54) is 17.8 Å². The van der Waals surface area contributed by atoms with Gasteiger partial charge in [0.1, 0.15) is 17.0 Å². The van der Waals surface area contributed by atoms with Crippen LogP contribution in [0.25, 0.3) is 10.2 Å². The first kappa shape index (κ1) is 20.1. The Morgan fingerprint density at radius 3 is 2.93 bits per heavy atom. The molecule has 2 aliphatic heterocycles. The third-order valence-electron chi connectivity index (χ3n) is 5.93. The van der Waals surface area contributed by atoms with Gasteiger partial charge in [-0.25, -0.2) is 9.97 Å². The third kappa shape index (κ3) is 4.22. The summed E-state index contributed by atoms with van der Waals surface area (Å²) in [4.78, 5) is 39.2. The molecule has 2 aromatic rings. The number of nitrogens with one attached hydrogen (secondary N) is 1. The molecule has 2 aliphatic rings. The van der Waals surface area contributed by atoms with Gasteiger partial charge in [-0.2, -0.15) is 0 Å². The molecular weight excluding hydrogens is 386 g/mol. The van der Waals surface area contributed by atoms with Gasteiger partial charge < -0.3 is 15.1 Å². The first-order chi connectivity index (χ1) is 14.0. The molecule has 0 aromatic carbocycles. The summed E-state index contributed by atoms with van der Waals surface area (Å²) >= 11 is 1.47. The van der Waals surface area contributed by atoms with Gasteiger partial charge in [-0.1, -0.05) is 6.92 Å². The molecule has 0 saturated carbocycles. The summed E-state index contributed by atoms with van der Waals surface area (Å²) in [5.74, 6) is 1.72. The minimum absolute atomic E-state index is 0.121. The molecule has 2 fully saturated rings. The minimum atomic E-state index is 0.121. The normalized spacial score (nSPS) is 19.9. The Morgan fingerprint density at radius 2 is 2.17 bits per heavy atom. The van der Waals surface area contributed by atoms with E-state index in [4.69, 9.17) is 0 Å². The van der Waals surface area contributed by atoms with Crippen LogP contribution in [0.15, 0.2) is 6.33 Å². The van der Waals surface area contributed by atoms with E-state index in [1.54, 1.807) is 6.33 Å². The largest absolute Gasteiger partial charge is 0.369 e. The van der Waals surface area contributed by atoms with E-state index >= 15 is 0 Å². The molecule has 0 spiro atoms. The lowest BCUT2D eigenvalue weighted by Crippen LogP contribution is -2.38. The van der Waals surface area contributed by atoms with E-state index in [-0.39, 0.29) is 11.8 Å². The molecule has 4 heterocycles. The number of nitrogens with zero attached hydrogens (tertiary/aromatic N) is 4. The Labute approximate surface area is 175 Å². The molecule has 0 aliphatic carbocycles.